The molecule has 0 spiro atoms. The molecule has 1 aromatic rings. The molecule has 1 saturated heterocycles. The molecule has 7 nitrogen and oxygen atoms in total. The minimum absolute atomic E-state index is 0. The number of nitrogens with one attached hydrogen (secondary N) is 3. The highest BCUT2D eigenvalue weighted by Crippen LogP contribution is 2.33. The van der Waals surface area contributed by atoms with Gasteiger partial charge in [-0.25, -0.2) is 0 Å². The molecule has 1 aliphatic carbocycles. The number of rotatable bonds is 6. The number of carbonyl (C=O) groups is 3. The highest BCUT2D eigenvalue weighted by atomic mass is 35.5. The van der Waals surface area contributed by atoms with Crippen molar-refractivity contribution in [3.63, 3.8) is 0 Å². The Morgan fingerprint density at radius 3 is 2.44 bits per heavy atom. The van der Waals surface area contributed by atoms with Gasteiger partial charge < -0.3 is 21.7 Å². The topological polar surface area (TPSA) is 113 Å². The Morgan fingerprint density at radius 2 is 1.78 bits per heavy atom. The molecule has 27 heavy (non-hydrogen) atoms. The van der Waals surface area contributed by atoms with Crippen molar-refractivity contribution in [1.29, 1.82) is 0 Å². The van der Waals surface area contributed by atoms with E-state index in [2.05, 4.69) is 16.0 Å². The molecule has 1 aliphatic heterocycles. The first kappa shape index (κ1) is 21.2. The Hall–Kier alpha value is -2.12. The van der Waals surface area contributed by atoms with E-state index in [1.807, 2.05) is 0 Å². The van der Waals surface area contributed by atoms with Crippen LogP contribution in [-0.4, -0.2) is 36.3 Å². The molecule has 1 heterocycles. The van der Waals surface area contributed by atoms with Gasteiger partial charge in [-0.2, -0.15) is 0 Å². The second-order valence-corrected chi connectivity index (χ2v) is 7.17. The molecule has 3 unspecified atom stereocenters. The van der Waals surface area contributed by atoms with E-state index in [0.717, 1.165) is 12.0 Å². The lowest BCUT2D eigenvalue weighted by molar-refractivity contribution is -0.123. The van der Waals surface area contributed by atoms with Crippen LogP contribution in [0, 0.1) is 5.92 Å². The zero-order valence-corrected chi connectivity index (χ0v) is 16.0. The van der Waals surface area contributed by atoms with Crippen LogP contribution in [-0.2, 0) is 16.1 Å². The van der Waals surface area contributed by atoms with Gasteiger partial charge >= 0.3 is 0 Å². The van der Waals surface area contributed by atoms with Gasteiger partial charge in [0.2, 0.25) is 11.8 Å². The van der Waals surface area contributed by atoms with Gasteiger partial charge in [-0.15, -0.1) is 12.4 Å². The first-order valence-electron chi connectivity index (χ1n) is 9.22. The van der Waals surface area contributed by atoms with E-state index in [4.69, 9.17) is 5.73 Å². The first-order valence-corrected chi connectivity index (χ1v) is 9.22. The molecular formula is C19H27ClN4O3. The Morgan fingerprint density at radius 1 is 1.07 bits per heavy atom. The van der Waals surface area contributed by atoms with E-state index < -0.39 is 5.91 Å². The predicted molar refractivity (Wildman–Crippen MR) is 104 cm³/mol. The lowest BCUT2D eigenvalue weighted by Crippen LogP contribution is -2.42. The van der Waals surface area contributed by atoms with Crippen LogP contribution in [0.1, 0.15) is 48.0 Å². The minimum atomic E-state index is -0.585. The number of amides is 3. The molecule has 2 aliphatic rings. The molecule has 0 radical (unpaired) electrons. The maximum Gasteiger partial charge on any atom is 0.251 e. The summed E-state index contributed by atoms with van der Waals surface area (Å²) in [6.07, 6.45) is 5.85. The Bertz CT molecular complexity index is 666. The second kappa shape index (κ2) is 9.71. The Balaban J connectivity index is 0.00000261. The summed E-state index contributed by atoms with van der Waals surface area (Å²) in [6, 6.07) is 7.32. The zero-order chi connectivity index (χ0) is 18.5. The van der Waals surface area contributed by atoms with Crippen molar-refractivity contribution in [2.45, 2.75) is 50.7 Å². The fraction of sp³-hybridized carbons (Fsp3) is 0.526. The van der Waals surface area contributed by atoms with Crippen LogP contribution >= 0.6 is 12.4 Å². The third kappa shape index (κ3) is 5.68. The molecule has 148 valence electrons. The Kier molecular flexibility index (Phi) is 7.62. The van der Waals surface area contributed by atoms with Crippen LogP contribution in [0.15, 0.2) is 24.3 Å². The second-order valence-electron chi connectivity index (χ2n) is 7.17. The van der Waals surface area contributed by atoms with Gasteiger partial charge in [0.25, 0.3) is 5.91 Å². The third-order valence-electron chi connectivity index (χ3n) is 5.29. The number of carbonyl (C=O) groups excluding carboxylic acids is 3. The molecule has 5 N–H and O–H groups in total. The summed E-state index contributed by atoms with van der Waals surface area (Å²) >= 11 is 0. The smallest absolute Gasteiger partial charge is 0.251 e. The summed E-state index contributed by atoms with van der Waals surface area (Å²) in [7, 11) is 0. The number of nitrogens with two attached hydrogens (primary N) is 1. The maximum absolute atomic E-state index is 12.4. The standard InChI is InChI=1S/C19H26N4O3.ClH/c20-17(24)11-22-18(25)13-7-5-12(6-8-13)10-21-19(26)16-9-14-3-1-2-4-15(14)23-16;/h5-8,14-16,23H,1-4,9-11H2,(H2,20,24)(H,21,26)(H,22,25);1H. The summed E-state index contributed by atoms with van der Waals surface area (Å²) in [6.45, 7) is 0.239. The number of fused-ring (bicyclic) bond motifs is 1. The van der Waals surface area contributed by atoms with E-state index in [9.17, 15) is 14.4 Å². The van der Waals surface area contributed by atoms with Crippen molar-refractivity contribution in [2.75, 3.05) is 6.54 Å². The predicted octanol–water partition coefficient (Wildman–Crippen LogP) is 0.860. The van der Waals surface area contributed by atoms with E-state index >= 15 is 0 Å². The SMILES string of the molecule is Cl.NC(=O)CNC(=O)c1ccc(CNC(=O)C2CC3CCCCC3N2)cc1. The molecule has 8 heteroatoms. The molecule has 0 bridgehead atoms. The van der Waals surface area contributed by atoms with Gasteiger partial charge in [0.05, 0.1) is 12.6 Å². The van der Waals surface area contributed by atoms with Gasteiger partial charge in [0.15, 0.2) is 0 Å². The minimum Gasteiger partial charge on any atom is -0.368 e. The van der Waals surface area contributed by atoms with Gasteiger partial charge in [-0.3, -0.25) is 14.4 Å². The van der Waals surface area contributed by atoms with Gasteiger partial charge in [0.1, 0.15) is 0 Å². The maximum atomic E-state index is 12.4. The molecule has 1 saturated carbocycles. The average Bonchev–Trinajstić information content (AvgIpc) is 3.09. The van der Waals surface area contributed by atoms with Crippen LogP contribution in [0.25, 0.3) is 0 Å². The first-order chi connectivity index (χ1) is 12.5. The molecule has 3 rings (SSSR count). The van der Waals surface area contributed by atoms with Crippen molar-refractivity contribution in [3.05, 3.63) is 35.4 Å². The highest BCUT2D eigenvalue weighted by Gasteiger charge is 2.37. The van der Waals surface area contributed by atoms with E-state index in [-0.39, 0.29) is 36.8 Å². The highest BCUT2D eigenvalue weighted by molar-refractivity contribution is 5.96. The van der Waals surface area contributed by atoms with E-state index in [1.54, 1.807) is 24.3 Å². The van der Waals surface area contributed by atoms with Gasteiger partial charge in [-0.05, 0) is 42.9 Å². The molecule has 0 aromatic heterocycles. The van der Waals surface area contributed by atoms with E-state index in [0.29, 0.717) is 24.1 Å². The van der Waals surface area contributed by atoms with Crippen LogP contribution in [0.3, 0.4) is 0 Å². The summed E-state index contributed by atoms with van der Waals surface area (Å²) < 4.78 is 0. The van der Waals surface area contributed by atoms with Crippen LogP contribution in [0.4, 0.5) is 0 Å². The summed E-state index contributed by atoms with van der Waals surface area (Å²) in [5, 5.41) is 8.89. The van der Waals surface area contributed by atoms with Crippen molar-refractivity contribution in [2.24, 2.45) is 11.7 Å². The molecular weight excluding hydrogens is 368 g/mol. The van der Waals surface area contributed by atoms with Crippen LogP contribution in [0.5, 0.6) is 0 Å². The van der Waals surface area contributed by atoms with Crippen LogP contribution in [0.2, 0.25) is 0 Å². The summed E-state index contributed by atoms with van der Waals surface area (Å²) in [4.78, 5) is 34.9. The number of hydrogen-bond donors (Lipinski definition) is 4. The lowest BCUT2D eigenvalue weighted by Gasteiger charge is -2.24. The number of primary amides is 1. The van der Waals surface area contributed by atoms with Gasteiger partial charge in [-0.1, -0.05) is 25.0 Å². The Labute approximate surface area is 165 Å². The van der Waals surface area contributed by atoms with Crippen molar-refractivity contribution in [1.82, 2.24) is 16.0 Å². The summed E-state index contributed by atoms with van der Waals surface area (Å²) in [5.74, 6) is -0.254. The number of benzene rings is 1. The fourth-order valence-electron chi connectivity index (χ4n) is 3.88. The van der Waals surface area contributed by atoms with Gasteiger partial charge in [0, 0.05) is 18.2 Å². The molecule has 3 atom stereocenters. The number of halogens is 1. The normalized spacial score (nSPS) is 23.6. The molecule has 2 fully saturated rings. The molecule has 3 amide bonds. The zero-order valence-electron chi connectivity index (χ0n) is 15.2. The fourth-order valence-corrected chi connectivity index (χ4v) is 3.88. The third-order valence-corrected chi connectivity index (χ3v) is 5.29. The number of hydrogen-bond acceptors (Lipinski definition) is 4. The lowest BCUT2D eigenvalue weighted by atomic mass is 9.85. The van der Waals surface area contributed by atoms with Crippen molar-refractivity contribution < 1.29 is 14.4 Å². The van der Waals surface area contributed by atoms with Crippen molar-refractivity contribution in [3.8, 4) is 0 Å². The largest absolute Gasteiger partial charge is 0.368 e. The quantitative estimate of drug-likeness (QED) is 0.573. The monoisotopic (exact) mass is 394 g/mol. The van der Waals surface area contributed by atoms with Crippen molar-refractivity contribution >= 4 is 30.1 Å². The van der Waals surface area contributed by atoms with Crippen LogP contribution < -0.4 is 21.7 Å². The average molecular weight is 395 g/mol. The summed E-state index contributed by atoms with van der Waals surface area (Å²) in [5.41, 5.74) is 6.37. The van der Waals surface area contributed by atoms with E-state index in [1.165, 1.54) is 25.7 Å². The molecule has 1 aromatic carbocycles.